The molecule has 0 aliphatic rings. The third-order valence-electron chi connectivity index (χ3n) is 2.12. The molecular formula is C10H8BrNO3. The van der Waals surface area contributed by atoms with Crippen LogP contribution in [0.5, 0.6) is 0 Å². The number of fused-ring (bicyclic) bond motifs is 1. The van der Waals surface area contributed by atoms with E-state index in [1.54, 1.807) is 12.1 Å². The number of aryl methyl sites for hydroxylation is 1. The van der Waals surface area contributed by atoms with Gasteiger partial charge < -0.3 is 9.63 Å². The number of carboxylic acids is 1. The maximum atomic E-state index is 10.6. The van der Waals surface area contributed by atoms with E-state index in [0.717, 1.165) is 21.1 Å². The first-order valence-corrected chi connectivity index (χ1v) is 5.13. The lowest BCUT2D eigenvalue weighted by molar-refractivity contribution is -0.136. The van der Waals surface area contributed by atoms with Crippen molar-refractivity contribution in [3.63, 3.8) is 0 Å². The van der Waals surface area contributed by atoms with Crippen LogP contribution >= 0.6 is 15.9 Å². The number of hydrogen-bond donors (Lipinski definition) is 1. The van der Waals surface area contributed by atoms with Crippen LogP contribution in [0.15, 0.2) is 21.1 Å². The SMILES string of the molecule is Cc1noc2c(Br)cc(CC(=O)O)cc12. The number of aliphatic carboxylic acids is 1. The molecule has 0 bridgehead atoms. The summed E-state index contributed by atoms with van der Waals surface area (Å²) in [4.78, 5) is 10.6. The summed E-state index contributed by atoms with van der Waals surface area (Å²) in [5, 5.41) is 13.4. The fourth-order valence-electron chi connectivity index (χ4n) is 1.45. The lowest BCUT2D eigenvalue weighted by atomic mass is 10.1. The molecule has 5 heteroatoms. The summed E-state index contributed by atoms with van der Waals surface area (Å²) in [6, 6.07) is 3.53. The van der Waals surface area contributed by atoms with Gasteiger partial charge in [-0.25, -0.2) is 0 Å². The highest BCUT2D eigenvalue weighted by Gasteiger charge is 2.11. The van der Waals surface area contributed by atoms with Gasteiger partial charge in [-0.15, -0.1) is 0 Å². The zero-order valence-electron chi connectivity index (χ0n) is 7.95. The van der Waals surface area contributed by atoms with Crippen molar-refractivity contribution in [2.24, 2.45) is 0 Å². The van der Waals surface area contributed by atoms with E-state index in [-0.39, 0.29) is 6.42 Å². The fourth-order valence-corrected chi connectivity index (χ4v) is 2.03. The molecule has 2 aromatic rings. The van der Waals surface area contributed by atoms with E-state index in [4.69, 9.17) is 9.63 Å². The molecule has 1 heterocycles. The van der Waals surface area contributed by atoms with Gasteiger partial charge >= 0.3 is 5.97 Å². The molecule has 0 saturated carbocycles. The number of hydrogen-bond acceptors (Lipinski definition) is 3. The number of carbonyl (C=O) groups is 1. The Kier molecular flexibility index (Phi) is 2.48. The van der Waals surface area contributed by atoms with Crippen molar-refractivity contribution in [2.75, 3.05) is 0 Å². The molecule has 0 amide bonds. The standard InChI is InChI=1S/C10H8BrNO3/c1-5-7-2-6(4-9(13)14)3-8(11)10(7)15-12-5/h2-3H,4H2,1H3,(H,13,14). The molecule has 0 aliphatic heterocycles. The van der Waals surface area contributed by atoms with Crippen molar-refractivity contribution >= 4 is 32.9 Å². The van der Waals surface area contributed by atoms with Gasteiger partial charge in [0, 0.05) is 5.39 Å². The molecule has 0 saturated heterocycles. The van der Waals surface area contributed by atoms with Crippen LogP contribution in [0.4, 0.5) is 0 Å². The monoisotopic (exact) mass is 269 g/mol. The molecule has 0 unspecified atom stereocenters. The van der Waals surface area contributed by atoms with Crippen molar-refractivity contribution in [1.82, 2.24) is 5.16 Å². The van der Waals surface area contributed by atoms with E-state index in [1.165, 1.54) is 0 Å². The Bertz CT molecular complexity index is 533. The number of rotatable bonds is 2. The Morgan fingerprint density at radius 2 is 2.33 bits per heavy atom. The highest BCUT2D eigenvalue weighted by Crippen LogP contribution is 2.28. The third kappa shape index (κ3) is 1.87. The van der Waals surface area contributed by atoms with Gasteiger partial charge in [0.2, 0.25) is 0 Å². The normalized spacial score (nSPS) is 10.8. The zero-order valence-corrected chi connectivity index (χ0v) is 9.54. The Labute approximate surface area is 94.0 Å². The average Bonchev–Trinajstić information content (AvgIpc) is 2.47. The predicted octanol–water partition coefficient (Wildman–Crippen LogP) is 2.53. The zero-order chi connectivity index (χ0) is 11.0. The first-order chi connectivity index (χ1) is 7.08. The van der Waals surface area contributed by atoms with Crippen molar-refractivity contribution in [1.29, 1.82) is 0 Å². The van der Waals surface area contributed by atoms with Crippen LogP contribution in [0.3, 0.4) is 0 Å². The Hall–Kier alpha value is -1.36. The predicted molar refractivity (Wildman–Crippen MR) is 57.8 cm³/mol. The van der Waals surface area contributed by atoms with E-state index in [2.05, 4.69) is 21.1 Å². The summed E-state index contributed by atoms with van der Waals surface area (Å²) in [6.45, 7) is 1.82. The van der Waals surface area contributed by atoms with Gasteiger partial charge in [-0.1, -0.05) is 5.16 Å². The molecule has 1 aromatic heterocycles. The van der Waals surface area contributed by atoms with E-state index in [0.29, 0.717) is 5.58 Å². The molecule has 4 nitrogen and oxygen atoms in total. The molecular weight excluding hydrogens is 262 g/mol. The minimum absolute atomic E-state index is 0.000833. The van der Waals surface area contributed by atoms with Gasteiger partial charge in [0.15, 0.2) is 5.58 Å². The van der Waals surface area contributed by atoms with Crippen molar-refractivity contribution in [3.05, 3.63) is 27.9 Å². The molecule has 2 rings (SSSR count). The highest BCUT2D eigenvalue weighted by molar-refractivity contribution is 9.10. The summed E-state index contributed by atoms with van der Waals surface area (Å²) in [5.74, 6) is -0.852. The third-order valence-corrected chi connectivity index (χ3v) is 2.71. The average molecular weight is 270 g/mol. The molecule has 0 aliphatic carbocycles. The van der Waals surface area contributed by atoms with Gasteiger partial charge in [-0.3, -0.25) is 4.79 Å². The van der Waals surface area contributed by atoms with Crippen molar-refractivity contribution < 1.29 is 14.4 Å². The topological polar surface area (TPSA) is 63.3 Å². The van der Waals surface area contributed by atoms with Gasteiger partial charge in [0.05, 0.1) is 16.6 Å². The summed E-state index contributed by atoms with van der Waals surface area (Å²) < 4.78 is 5.83. The summed E-state index contributed by atoms with van der Waals surface area (Å²) in [5.41, 5.74) is 2.15. The maximum absolute atomic E-state index is 10.6. The Balaban J connectivity index is 2.59. The molecule has 0 radical (unpaired) electrons. The molecule has 15 heavy (non-hydrogen) atoms. The van der Waals surface area contributed by atoms with Crippen LogP contribution < -0.4 is 0 Å². The van der Waals surface area contributed by atoms with Gasteiger partial charge in [0.25, 0.3) is 0 Å². The minimum atomic E-state index is -0.852. The van der Waals surface area contributed by atoms with Crippen LogP contribution in [-0.2, 0) is 11.2 Å². The van der Waals surface area contributed by atoms with E-state index >= 15 is 0 Å². The number of halogens is 1. The number of benzene rings is 1. The lowest BCUT2D eigenvalue weighted by Gasteiger charge is -1.98. The van der Waals surface area contributed by atoms with E-state index < -0.39 is 5.97 Å². The van der Waals surface area contributed by atoms with Crippen LogP contribution in [0.25, 0.3) is 11.0 Å². The number of nitrogens with zero attached hydrogens (tertiary/aromatic N) is 1. The molecule has 0 spiro atoms. The second-order valence-corrected chi connectivity index (χ2v) is 4.15. The number of carboxylic acid groups (broad SMARTS) is 1. The summed E-state index contributed by atoms with van der Waals surface area (Å²) >= 11 is 3.32. The Morgan fingerprint density at radius 3 is 3.00 bits per heavy atom. The molecule has 0 atom stereocenters. The molecule has 1 aromatic carbocycles. The van der Waals surface area contributed by atoms with Crippen molar-refractivity contribution in [3.8, 4) is 0 Å². The minimum Gasteiger partial charge on any atom is -0.481 e. The highest BCUT2D eigenvalue weighted by atomic mass is 79.9. The van der Waals surface area contributed by atoms with Crippen molar-refractivity contribution in [2.45, 2.75) is 13.3 Å². The lowest BCUT2D eigenvalue weighted by Crippen LogP contribution is -1.99. The van der Waals surface area contributed by atoms with Gasteiger partial charge in [-0.05, 0) is 40.5 Å². The maximum Gasteiger partial charge on any atom is 0.307 e. The molecule has 1 N–H and O–H groups in total. The quantitative estimate of drug-likeness (QED) is 0.910. The smallest absolute Gasteiger partial charge is 0.307 e. The van der Waals surface area contributed by atoms with Crippen LogP contribution in [0.2, 0.25) is 0 Å². The first kappa shape index (κ1) is 10.2. The fraction of sp³-hybridized carbons (Fsp3) is 0.200. The van der Waals surface area contributed by atoms with Gasteiger partial charge in [-0.2, -0.15) is 0 Å². The molecule has 0 fully saturated rings. The van der Waals surface area contributed by atoms with Crippen LogP contribution in [0.1, 0.15) is 11.3 Å². The first-order valence-electron chi connectivity index (χ1n) is 4.34. The summed E-state index contributed by atoms with van der Waals surface area (Å²) in [6.07, 6.45) is -0.000833. The van der Waals surface area contributed by atoms with E-state index in [9.17, 15) is 4.79 Å². The van der Waals surface area contributed by atoms with Gasteiger partial charge in [0.1, 0.15) is 0 Å². The number of aromatic nitrogens is 1. The van der Waals surface area contributed by atoms with Crippen LogP contribution in [0, 0.1) is 6.92 Å². The van der Waals surface area contributed by atoms with Crippen LogP contribution in [-0.4, -0.2) is 16.2 Å². The second-order valence-electron chi connectivity index (χ2n) is 3.29. The van der Waals surface area contributed by atoms with E-state index in [1.807, 2.05) is 6.92 Å². The largest absolute Gasteiger partial charge is 0.481 e. The Morgan fingerprint density at radius 1 is 1.60 bits per heavy atom. The summed E-state index contributed by atoms with van der Waals surface area (Å²) in [7, 11) is 0. The molecule has 78 valence electrons. The second kappa shape index (κ2) is 3.66.